The molecule has 2 heterocycles. The van der Waals surface area contributed by atoms with E-state index < -0.39 is 0 Å². The first-order chi connectivity index (χ1) is 12.6. The number of thiophene rings is 1. The van der Waals surface area contributed by atoms with Crippen LogP contribution >= 0.6 is 11.3 Å². The van der Waals surface area contributed by atoms with Crippen LogP contribution in [-0.4, -0.2) is 16.5 Å². The number of nitro groups is 1. The van der Waals surface area contributed by atoms with E-state index in [1.807, 2.05) is 41.8 Å². The molecule has 4 rings (SSSR count). The minimum absolute atomic E-state index is 0.124. The highest BCUT2D eigenvalue weighted by Crippen LogP contribution is 2.40. The topological polar surface area (TPSA) is 58.9 Å². The van der Waals surface area contributed by atoms with Crippen molar-refractivity contribution in [2.75, 3.05) is 6.54 Å². The molecule has 130 valence electrons. The Balaban J connectivity index is 1.98. The minimum atomic E-state index is -0.280. The van der Waals surface area contributed by atoms with Gasteiger partial charge in [-0.15, -0.1) is 11.3 Å². The van der Waals surface area contributed by atoms with Crippen LogP contribution in [-0.2, 0) is 0 Å². The van der Waals surface area contributed by atoms with Crippen molar-refractivity contribution in [2.45, 2.75) is 12.8 Å². The lowest BCUT2D eigenvalue weighted by molar-refractivity contribution is -0.481. The van der Waals surface area contributed by atoms with E-state index in [0.29, 0.717) is 0 Å². The van der Waals surface area contributed by atoms with Gasteiger partial charge >= 0.3 is 0 Å². The summed E-state index contributed by atoms with van der Waals surface area (Å²) in [7, 11) is 0. The second-order valence-corrected chi connectivity index (χ2v) is 7.39. The number of rotatable bonds is 5. The number of H-pyrrole nitrogens is 1. The molecule has 26 heavy (non-hydrogen) atoms. The number of aromatic nitrogens is 1. The van der Waals surface area contributed by atoms with Gasteiger partial charge in [-0.05, 0) is 30.0 Å². The summed E-state index contributed by atoms with van der Waals surface area (Å²) in [5.74, 6) is -0.280. The summed E-state index contributed by atoms with van der Waals surface area (Å²) < 4.78 is 0. The van der Waals surface area contributed by atoms with Crippen molar-refractivity contribution < 1.29 is 4.92 Å². The van der Waals surface area contributed by atoms with E-state index in [9.17, 15) is 10.1 Å². The number of nitrogens with one attached hydrogen (secondary N) is 1. The molecule has 2 aromatic carbocycles. The Labute approximate surface area is 155 Å². The Bertz CT molecular complexity index is 1050. The number of fused-ring (bicyclic) bond motifs is 1. The zero-order valence-electron chi connectivity index (χ0n) is 14.3. The predicted octanol–water partition coefficient (Wildman–Crippen LogP) is 5.61. The third-order valence-corrected chi connectivity index (χ3v) is 5.64. The lowest BCUT2D eigenvalue weighted by Crippen LogP contribution is -2.13. The van der Waals surface area contributed by atoms with Gasteiger partial charge in [0.2, 0.25) is 6.54 Å². The van der Waals surface area contributed by atoms with Crippen LogP contribution in [0.15, 0.2) is 66.0 Å². The third-order valence-electron chi connectivity index (χ3n) is 4.65. The van der Waals surface area contributed by atoms with Crippen LogP contribution in [0.2, 0.25) is 0 Å². The summed E-state index contributed by atoms with van der Waals surface area (Å²) in [4.78, 5) is 15.7. The number of hydrogen-bond acceptors (Lipinski definition) is 3. The maximum absolute atomic E-state index is 11.4. The molecule has 1 unspecified atom stereocenters. The van der Waals surface area contributed by atoms with Crippen LogP contribution in [0.25, 0.3) is 22.2 Å². The SMILES string of the molecule is Cc1ccc(-c2[nH]c3ccccc3c2C(C[N+](=O)[O-])c2cccs2)cc1. The Morgan fingerprint density at radius 2 is 1.85 bits per heavy atom. The van der Waals surface area contributed by atoms with Crippen LogP contribution in [0.1, 0.15) is 21.9 Å². The highest BCUT2D eigenvalue weighted by Gasteiger charge is 2.28. The third kappa shape index (κ3) is 3.02. The van der Waals surface area contributed by atoms with Crippen LogP contribution in [0.5, 0.6) is 0 Å². The zero-order chi connectivity index (χ0) is 18.1. The average Bonchev–Trinajstić information content (AvgIpc) is 3.28. The maximum atomic E-state index is 11.4. The molecule has 4 nitrogen and oxygen atoms in total. The average molecular weight is 362 g/mol. The Hall–Kier alpha value is -2.92. The fraction of sp³-hybridized carbons (Fsp3) is 0.143. The zero-order valence-corrected chi connectivity index (χ0v) is 15.1. The van der Waals surface area contributed by atoms with Gasteiger partial charge in [0.25, 0.3) is 0 Å². The van der Waals surface area contributed by atoms with Crippen molar-refractivity contribution >= 4 is 22.2 Å². The fourth-order valence-corrected chi connectivity index (χ4v) is 4.26. The van der Waals surface area contributed by atoms with Gasteiger partial charge in [-0.3, -0.25) is 10.1 Å². The van der Waals surface area contributed by atoms with Crippen LogP contribution in [0.4, 0.5) is 0 Å². The van der Waals surface area contributed by atoms with Gasteiger partial charge in [-0.25, -0.2) is 0 Å². The molecule has 0 aliphatic rings. The first-order valence-corrected chi connectivity index (χ1v) is 9.34. The van der Waals surface area contributed by atoms with Gasteiger partial charge in [0.1, 0.15) is 0 Å². The van der Waals surface area contributed by atoms with Gasteiger partial charge < -0.3 is 4.98 Å². The molecule has 0 saturated heterocycles. The maximum Gasteiger partial charge on any atom is 0.215 e. The summed E-state index contributed by atoms with van der Waals surface area (Å²) in [6.07, 6.45) is 0. The molecule has 5 heteroatoms. The molecule has 1 N–H and O–H groups in total. The molecule has 0 aliphatic heterocycles. The van der Waals surface area contributed by atoms with Gasteiger partial charge in [0, 0.05) is 26.3 Å². The van der Waals surface area contributed by atoms with Crippen molar-refractivity contribution in [1.82, 2.24) is 4.98 Å². The molecule has 1 atom stereocenters. The van der Waals surface area contributed by atoms with Gasteiger partial charge in [-0.1, -0.05) is 54.1 Å². The summed E-state index contributed by atoms with van der Waals surface area (Å²) in [5, 5.41) is 14.4. The Morgan fingerprint density at radius 3 is 2.54 bits per heavy atom. The Kier molecular flexibility index (Phi) is 4.31. The monoisotopic (exact) mass is 362 g/mol. The molecule has 0 aliphatic carbocycles. The number of nitrogens with zero attached hydrogens (tertiary/aromatic N) is 1. The Morgan fingerprint density at radius 1 is 1.08 bits per heavy atom. The molecular formula is C21H18N2O2S. The molecule has 0 spiro atoms. The summed E-state index contributed by atoms with van der Waals surface area (Å²) >= 11 is 1.57. The second-order valence-electron chi connectivity index (χ2n) is 6.41. The fourth-order valence-electron chi connectivity index (χ4n) is 3.44. The van der Waals surface area contributed by atoms with Crippen LogP contribution < -0.4 is 0 Å². The number of hydrogen-bond donors (Lipinski definition) is 1. The quantitative estimate of drug-likeness (QED) is 0.370. The van der Waals surface area contributed by atoms with E-state index in [1.54, 1.807) is 11.3 Å². The van der Waals surface area contributed by atoms with Crippen molar-refractivity contribution in [2.24, 2.45) is 0 Å². The molecule has 0 fully saturated rings. The van der Waals surface area contributed by atoms with Gasteiger partial charge in [-0.2, -0.15) is 0 Å². The standard InChI is InChI=1S/C21H18N2O2S/c1-14-8-10-15(11-9-14)21-20(16-5-2-3-6-18(16)22-21)17(13-23(24)25)19-7-4-12-26-19/h2-12,17,22H,13H2,1H3. The first-order valence-electron chi connectivity index (χ1n) is 8.46. The first kappa shape index (κ1) is 16.5. The highest BCUT2D eigenvalue weighted by molar-refractivity contribution is 7.10. The smallest absolute Gasteiger partial charge is 0.215 e. The molecule has 4 aromatic rings. The van der Waals surface area contributed by atoms with Crippen LogP contribution in [0.3, 0.4) is 0 Å². The van der Waals surface area contributed by atoms with Crippen molar-refractivity contribution in [3.8, 4) is 11.3 Å². The van der Waals surface area contributed by atoms with Crippen molar-refractivity contribution in [3.05, 3.63) is 92.2 Å². The largest absolute Gasteiger partial charge is 0.354 e. The van der Waals surface area contributed by atoms with Gasteiger partial charge in [0.05, 0.1) is 11.6 Å². The second kappa shape index (κ2) is 6.77. The van der Waals surface area contributed by atoms with Gasteiger partial charge in [0.15, 0.2) is 0 Å². The molecular weight excluding hydrogens is 344 g/mol. The lowest BCUT2D eigenvalue weighted by Gasteiger charge is -2.14. The van der Waals surface area contributed by atoms with E-state index in [0.717, 1.165) is 32.6 Å². The van der Waals surface area contributed by atoms with Crippen molar-refractivity contribution in [1.29, 1.82) is 0 Å². The molecule has 0 bridgehead atoms. The minimum Gasteiger partial charge on any atom is -0.354 e. The van der Waals surface area contributed by atoms with Crippen LogP contribution in [0, 0.1) is 17.0 Å². The number of para-hydroxylation sites is 1. The molecule has 0 radical (unpaired) electrons. The predicted molar refractivity (Wildman–Crippen MR) is 106 cm³/mol. The van der Waals surface area contributed by atoms with E-state index in [4.69, 9.17) is 0 Å². The molecule has 0 saturated carbocycles. The number of benzene rings is 2. The summed E-state index contributed by atoms with van der Waals surface area (Å²) in [6, 6.07) is 20.2. The summed E-state index contributed by atoms with van der Waals surface area (Å²) in [6.45, 7) is 1.93. The summed E-state index contributed by atoms with van der Waals surface area (Å²) in [5.41, 5.74) is 5.20. The van der Waals surface area contributed by atoms with E-state index in [-0.39, 0.29) is 17.4 Å². The van der Waals surface area contributed by atoms with E-state index >= 15 is 0 Å². The normalized spacial score (nSPS) is 12.3. The lowest BCUT2D eigenvalue weighted by atomic mass is 9.92. The highest BCUT2D eigenvalue weighted by atomic mass is 32.1. The number of aryl methyl sites for hydroxylation is 1. The molecule has 2 aromatic heterocycles. The van der Waals surface area contributed by atoms with E-state index in [2.05, 4.69) is 36.2 Å². The van der Waals surface area contributed by atoms with E-state index in [1.165, 1.54) is 5.56 Å². The number of aromatic amines is 1. The van der Waals surface area contributed by atoms with Crippen molar-refractivity contribution in [3.63, 3.8) is 0 Å². The molecule has 0 amide bonds.